The summed E-state index contributed by atoms with van der Waals surface area (Å²) in [7, 11) is 0. The minimum atomic E-state index is -0.614. The third kappa shape index (κ3) is 3.08. The predicted octanol–water partition coefficient (Wildman–Crippen LogP) is 4.28. The Labute approximate surface area is 114 Å². The number of nitro benzene ring substituents is 1. The van der Waals surface area contributed by atoms with Gasteiger partial charge in [-0.05, 0) is 38.1 Å². The molecule has 2 aromatic rings. The number of nitrogens with one attached hydrogen (secondary N) is 1. The summed E-state index contributed by atoms with van der Waals surface area (Å²) in [6, 6.07) is 7.44. The summed E-state index contributed by atoms with van der Waals surface area (Å²) in [4.78, 5) is 12.6. The van der Waals surface area contributed by atoms with Crippen molar-refractivity contribution in [1.82, 2.24) is 0 Å². The number of benzene rings is 1. The second kappa shape index (κ2) is 5.36. The van der Waals surface area contributed by atoms with Crippen molar-refractivity contribution in [3.05, 3.63) is 56.0 Å². The van der Waals surface area contributed by atoms with E-state index in [2.05, 4.69) is 5.32 Å². The van der Waals surface area contributed by atoms with E-state index in [0.717, 1.165) is 10.9 Å². The first kappa shape index (κ1) is 13.5. The van der Waals surface area contributed by atoms with Gasteiger partial charge >= 0.3 is 0 Å². The molecular formula is C13H13FN2O2S. The molecule has 0 fully saturated rings. The Morgan fingerprint density at radius 1 is 1.37 bits per heavy atom. The molecule has 0 bridgehead atoms. The number of anilines is 1. The number of hydrogen-bond donors (Lipinski definition) is 1. The lowest BCUT2D eigenvalue weighted by Crippen LogP contribution is -2.07. The molecule has 6 heteroatoms. The van der Waals surface area contributed by atoms with Gasteiger partial charge in [0.15, 0.2) is 0 Å². The number of nitrogens with zero attached hydrogens (tertiary/aromatic N) is 1. The number of rotatable bonds is 4. The summed E-state index contributed by atoms with van der Waals surface area (Å²) in [6.07, 6.45) is 0. The van der Waals surface area contributed by atoms with Crippen LogP contribution in [0.15, 0.2) is 30.3 Å². The minimum Gasteiger partial charge on any atom is -0.372 e. The highest BCUT2D eigenvalue weighted by atomic mass is 32.1. The van der Waals surface area contributed by atoms with E-state index in [4.69, 9.17) is 0 Å². The van der Waals surface area contributed by atoms with Crippen LogP contribution in [0.4, 0.5) is 15.8 Å². The van der Waals surface area contributed by atoms with Gasteiger partial charge in [0.05, 0.1) is 17.0 Å². The van der Waals surface area contributed by atoms with Crippen molar-refractivity contribution in [3.8, 4) is 0 Å². The Hall–Kier alpha value is -1.95. The van der Waals surface area contributed by atoms with E-state index in [-0.39, 0.29) is 11.7 Å². The molecule has 19 heavy (non-hydrogen) atoms. The fourth-order valence-corrected chi connectivity index (χ4v) is 2.65. The minimum absolute atomic E-state index is 0.0668. The van der Waals surface area contributed by atoms with Crippen LogP contribution in [0.25, 0.3) is 0 Å². The average Bonchev–Trinajstić information content (AvgIpc) is 2.78. The van der Waals surface area contributed by atoms with Crippen LogP contribution in [0.3, 0.4) is 0 Å². The predicted molar refractivity (Wildman–Crippen MR) is 74.1 cm³/mol. The Morgan fingerprint density at radius 2 is 2.11 bits per heavy atom. The Bertz CT molecular complexity index is 612. The van der Waals surface area contributed by atoms with Crippen molar-refractivity contribution < 1.29 is 9.31 Å². The number of thiophene rings is 1. The van der Waals surface area contributed by atoms with Crippen molar-refractivity contribution >= 4 is 22.7 Å². The molecule has 0 amide bonds. The second-order valence-electron chi connectivity index (χ2n) is 4.23. The van der Waals surface area contributed by atoms with Crippen LogP contribution in [0, 0.1) is 22.9 Å². The number of hydrogen-bond acceptors (Lipinski definition) is 4. The molecule has 0 saturated heterocycles. The van der Waals surface area contributed by atoms with Gasteiger partial charge in [-0.3, -0.25) is 10.1 Å². The topological polar surface area (TPSA) is 55.2 Å². The first-order valence-corrected chi connectivity index (χ1v) is 6.56. The van der Waals surface area contributed by atoms with Gasteiger partial charge < -0.3 is 5.32 Å². The van der Waals surface area contributed by atoms with Gasteiger partial charge in [-0.1, -0.05) is 0 Å². The van der Waals surface area contributed by atoms with E-state index in [1.807, 2.05) is 26.0 Å². The average molecular weight is 280 g/mol. The summed E-state index contributed by atoms with van der Waals surface area (Å²) in [5, 5.41) is 13.9. The van der Waals surface area contributed by atoms with E-state index in [9.17, 15) is 14.5 Å². The summed E-state index contributed by atoms with van der Waals surface area (Å²) >= 11 is 1.63. The molecule has 1 aromatic carbocycles. The lowest BCUT2D eigenvalue weighted by atomic mass is 10.2. The molecule has 4 nitrogen and oxygen atoms in total. The van der Waals surface area contributed by atoms with Gasteiger partial charge in [0, 0.05) is 9.75 Å². The summed E-state index contributed by atoms with van der Waals surface area (Å²) < 4.78 is 13.0. The van der Waals surface area contributed by atoms with Gasteiger partial charge in [0.1, 0.15) is 11.5 Å². The van der Waals surface area contributed by atoms with Crippen LogP contribution in [-0.2, 0) is 0 Å². The maximum absolute atomic E-state index is 13.0. The third-order valence-corrected chi connectivity index (χ3v) is 3.90. The molecule has 0 radical (unpaired) electrons. The van der Waals surface area contributed by atoms with E-state index in [0.29, 0.717) is 5.69 Å². The molecule has 1 atom stereocenters. The van der Waals surface area contributed by atoms with E-state index >= 15 is 0 Å². The highest BCUT2D eigenvalue weighted by Crippen LogP contribution is 2.31. The molecule has 0 aliphatic rings. The van der Waals surface area contributed by atoms with E-state index in [1.165, 1.54) is 17.0 Å². The summed E-state index contributed by atoms with van der Waals surface area (Å²) in [6.45, 7) is 3.92. The SMILES string of the molecule is Cc1ccc(C(C)Nc2ccc(F)cc2[N+](=O)[O-])s1. The van der Waals surface area contributed by atoms with Crippen molar-refractivity contribution in [2.75, 3.05) is 5.32 Å². The molecule has 1 unspecified atom stereocenters. The van der Waals surface area contributed by atoms with Crippen molar-refractivity contribution in [2.24, 2.45) is 0 Å². The highest BCUT2D eigenvalue weighted by Gasteiger charge is 2.17. The Kier molecular flexibility index (Phi) is 3.80. The fraction of sp³-hybridized carbons (Fsp3) is 0.231. The number of aryl methyl sites for hydroxylation is 1. The van der Waals surface area contributed by atoms with Crippen LogP contribution in [-0.4, -0.2) is 4.92 Å². The lowest BCUT2D eigenvalue weighted by molar-refractivity contribution is -0.384. The van der Waals surface area contributed by atoms with E-state index in [1.54, 1.807) is 11.3 Å². The van der Waals surface area contributed by atoms with Crippen LogP contribution < -0.4 is 5.32 Å². The molecule has 1 heterocycles. The molecule has 2 rings (SSSR count). The highest BCUT2D eigenvalue weighted by molar-refractivity contribution is 7.12. The zero-order chi connectivity index (χ0) is 14.0. The van der Waals surface area contributed by atoms with Crippen LogP contribution >= 0.6 is 11.3 Å². The molecule has 0 aliphatic carbocycles. The van der Waals surface area contributed by atoms with Crippen molar-refractivity contribution in [2.45, 2.75) is 19.9 Å². The maximum atomic E-state index is 13.0. The number of nitro groups is 1. The summed E-state index contributed by atoms with van der Waals surface area (Å²) in [5.74, 6) is -0.614. The number of halogens is 1. The van der Waals surface area contributed by atoms with Crippen LogP contribution in [0.5, 0.6) is 0 Å². The van der Waals surface area contributed by atoms with Crippen LogP contribution in [0.1, 0.15) is 22.7 Å². The smallest absolute Gasteiger partial charge is 0.295 e. The van der Waals surface area contributed by atoms with Crippen molar-refractivity contribution in [3.63, 3.8) is 0 Å². The molecule has 0 saturated carbocycles. The normalized spacial score (nSPS) is 12.2. The van der Waals surface area contributed by atoms with Crippen LogP contribution in [0.2, 0.25) is 0 Å². The quantitative estimate of drug-likeness (QED) is 0.672. The Morgan fingerprint density at radius 3 is 2.68 bits per heavy atom. The first-order chi connectivity index (χ1) is 8.97. The molecule has 1 N–H and O–H groups in total. The lowest BCUT2D eigenvalue weighted by Gasteiger charge is -2.13. The van der Waals surface area contributed by atoms with Gasteiger partial charge in [-0.25, -0.2) is 4.39 Å². The largest absolute Gasteiger partial charge is 0.372 e. The monoisotopic (exact) mass is 280 g/mol. The van der Waals surface area contributed by atoms with Crippen molar-refractivity contribution in [1.29, 1.82) is 0 Å². The molecular weight excluding hydrogens is 267 g/mol. The summed E-state index contributed by atoms with van der Waals surface area (Å²) in [5.41, 5.74) is 0.0741. The fourth-order valence-electron chi connectivity index (χ4n) is 1.77. The van der Waals surface area contributed by atoms with Gasteiger partial charge in [-0.15, -0.1) is 11.3 Å². The molecule has 100 valence electrons. The standard InChI is InChI=1S/C13H13FN2O2S/c1-8-3-6-13(19-8)9(2)15-11-5-4-10(14)7-12(11)16(17)18/h3-7,9,15H,1-2H3. The first-order valence-electron chi connectivity index (χ1n) is 5.74. The van der Waals surface area contributed by atoms with E-state index < -0.39 is 10.7 Å². The third-order valence-electron chi connectivity index (χ3n) is 2.72. The van der Waals surface area contributed by atoms with Gasteiger partial charge in [0.25, 0.3) is 5.69 Å². The zero-order valence-corrected chi connectivity index (χ0v) is 11.3. The molecule has 0 aliphatic heterocycles. The maximum Gasteiger partial charge on any atom is 0.295 e. The molecule has 1 aromatic heterocycles. The van der Waals surface area contributed by atoms with Gasteiger partial charge in [-0.2, -0.15) is 0 Å². The van der Waals surface area contributed by atoms with Gasteiger partial charge in [0.2, 0.25) is 0 Å². The molecule has 0 spiro atoms. The second-order valence-corrected chi connectivity index (χ2v) is 5.55. The zero-order valence-electron chi connectivity index (χ0n) is 10.5. The Balaban J connectivity index is 2.26.